The highest BCUT2D eigenvalue weighted by Crippen LogP contribution is 2.25. The molecule has 4 nitrogen and oxygen atoms in total. The van der Waals surface area contributed by atoms with Crippen molar-refractivity contribution in [1.82, 2.24) is 0 Å². The fourth-order valence-corrected chi connectivity index (χ4v) is 2.04. The van der Waals surface area contributed by atoms with Gasteiger partial charge in [0, 0.05) is 8.95 Å². The summed E-state index contributed by atoms with van der Waals surface area (Å²) in [5, 5.41) is 0. The predicted octanol–water partition coefficient (Wildman–Crippen LogP) is 4.90. The molecule has 0 aliphatic heterocycles. The van der Waals surface area contributed by atoms with Gasteiger partial charge < -0.3 is 9.47 Å². The summed E-state index contributed by atoms with van der Waals surface area (Å²) >= 11 is 6.70. The molecular formula is C15H22Br2O4. The molecule has 0 aromatic heterocycles. The van der Waals surface area contributed by atoms with E-state index in [0.717, 1.165) is 14.5 Å². The number of halogens is 2. The van der Waals surface area contributed by atoms with Crippen LogP contribution in [0.2, 0.25) is 0 Å². The second-order valence-electron chi connectivity index (χ2n) is 3.35. The zero-order valence-electron chi connectivity index (χ0n) is 13.0. The molecule has 6 heteroatoms. The van der Waals surface area contributed by atoms with Crippen molar-refractivity contribution >= 4 is 44.3 Å². The highest BCUT2D eigenvalue weighted by Gasteiger charge is 2.12. The Morgan fingerprint density at radius 1 is 1.14 bits per heavy atom. The maximum absolute atomic E-state index is 11.5. The smallest absolute Gasteiger partial charge is 0.339 e. The molecule has 0 heterocycles. The Hall–Kier alpha value is -0.880. The SMILES string of the molecule is CC.CCOC(=O)c1cc(Br)c(C)cc1Br.CCOC=O. The molecule has 1 aromatic carbocycles. The van der Waals surface area contributed by atoms with Crippen LogP contribution in [0.1, 0.15) is 43.6 Å². The lowest BCUT2D eigenvalue weighted by Gasteiger charge is -2.06. The Balaban J connectivity index is 0. The molecule has 120 valence electrons. The topological polar surface area (TPSA) is 52.6 Å². The monoisotopic (exact) mass is 424 g/mol. The van der Waals surface area contributed by atoms with Gasteiger partial charge in [0.15, 0.2) is 0 Å². The Morgan fingerprint density at radius 3 is 2.10 bits per heavy atom. The Morgan fingerprint density at radius 2 is 1.71 bits per heavy atom. The molecule has 0 spiro atoms. The predicted molar refractivity (Wildman–Crippen MR) is 91.6 cm³/mol. The minimum absolute atomic E-state index is 0.305. The van der Waals surface area contributed by atoms with Crippen molar-refractivity contribution in [1.29, 1.82) is 0 Å². The molecule has 1 rings (SSSR count). The van der Waals surface area contributed by atoms with Gasteiger partial charge in [0.05, 0.1) is 18.8 Å². The molecule has 0 unspecified atom stereocenters. The minimum atomic E-state index is -0.305. The van der Waals surface area contributed by atoms with Crippen LogP contribution in [0.4, 0.5) is 0 Å². The average Bonchev–Trinajstić information content (AvgIpc) is 2.47. The van der Waals surface area contributed by atoms with Crippen LogP contribution < -0.4 is 0 Å². The van der Waals surface area contributed by atoms with Crippen molar-refractivity contribution in [2.24, 2.45) is 0 Å². The van der Waals surface area contributed by atoms with E-state index in [1.54, 1.807) is 19.9 Å². The molecule has 0 fully saturated rings. The molecule has 0 radical (unpaired) electrons. The molecule has 0 saturated heterocycles. The fourth-order valence-electron chi connectivity index (χ4n) is 1.08. The zero-order valence-corrected chi connectivity index (χ0v) is 16.2. The van der Waals surface area contributed by atoms with Crippen LogP contribution in [-0.2, 0) is 14.3 Å². The number of rotatable bonds is 4. The molecule has 0 atom stereocenters. The summed E-state index contributed by atoms with van der Waals surface area (Å²) in [6.07, 6.45) is 0. The summed E-state index contributed by atoms with van der Waals surface area (Å²) < 4.78 is 10.7. The maximum atomic E-state index is 11.5. The van der Waals surface area contributed by atoms with E-state index in [1.807, 2.05) is 26.8 Å². The molecule has 0 bridgehead atoms. The summed E-state index contributed by atoms with van der Waals surface area (Å²) in [4.78, 5) is 20.6. The number of hydrogen-bond donors (Lipinski definition) is 0. The van der Waals surface area contributed by atoms with Crippen molar-refractivity contribution in [3.05, 3.63) is 32.2 Å². The second kappa shape index (κ2) is 14.1. The van der Waals surface area contributed by atoms with Crippen LogP contribution in [0.3, 0.4) is 0 Å². The second-order valence-corrected chi connectivity index (χ2v) is 5.06. The quantitative estimate of drug-likeness (QED) is 0.508. The van der Waals surface area contributed by atoms with Gasteiger partial charge in [0.1, 0.15) is 0 Å². The standard InChI is InChI=1S/C10H10Br2O2.C3H6O2.C2H6/c1-3-14-10(13)7-5-8(11)6(2)4-9(7)12;1-2-5-3-4;1-2/h4-5H,3H2,1-2H3;3H,2H2,1H3;1-2H3. The summed E-state index contributed by atoms with van der Waals surface area (Å²) in [6.45, 7) is 10.8. The Labute approximate surface area is 143 Å². The lowest BCUT2D eigenvalue weighted by Crippen LogP contribution is -2.05. The molecule has 0 N–H and O–H groups in total. The molecule has 0 saturated carbocycles. The van der Waals surface area contributed by atoms with Crippen molar-refractivity contribution < 1.29 is 19.1 Å². The minimum Gasteiger partial charge on any atom is -0.468 e. The molecule has 0 aliphatic rings. The lowest BCUT2D eigenvalue weighted by atomic mass is 10.1. The maximum Gasteiger partial charge on any atom is 0.339 e. The third kappa shape index (κ3) is 9.63. The van der Waals surface area contributed by atoms with E-state index in [9.17, 15) is 9.59 Å². The van der Waals surface area contributed by atoms with Crippen molar-refractivity contribution in [2.45, 2.75) is 34.6 Å². The van der Waals surface area contributed by atoms with Crippen LogP contribution in [0.5, 0.6) is 0 Å². The number of aryl methyl sites for hydroxylation is 1. The molecule has 0 amide bonds. The van der Waals surface area contributed by atoms with Gasteiger partial charge in [-0.3, -0.25) is 4.79 Å². The van der Waals surface area contributed by atoms with Crippen molar-refractivity contribution in [3.8, 4) is 0 Å². The molecule has 21 heavy (non-hydrogen) atoms. The first-order valence-electron chi connectivity index (χ1n) is 6.65. The van der Waals surface area contributed by atoms with Gasteiger partial charge in [0.2, 0.25) is 0 Å². The van der Waals surface area contributed by atoms with E-state index in [2.05, 4.69) is 36.6 Å². The van der Waals surface area contributed by atoms with E-state index in [-0.39, 0.29) is 5.97 Å². The van der Waals surface area contributed by atoms with Crippen LogP contribution in [0.25, 0.3) is 0 Å². The number of benzene rings is 1. The van der Waals surface area contributed by atoms with Crippen LogP contribution in [0, 0.1) is 6.92 Å². The number of ether oxygens (including phenoxy) is 2. The number of carbonyl (C=O) groups excluding carboxylic acids is 2. The van der Waals surface area contributed by atoms with Gasteiger partial charge in [-0.1, -0.05) is 29.8 Å². The lowest BCUT2D eigenvalue weighted by molar-refractivity contribution is -0.128. The van der Waals surface area contributed by atoms with Crippen molar-refractivity contribution in [3.63, 3.8) is 0 Å². The Bertz CT molecular complexity index is 434. The van der Waals surface area contributed by atoms with Crippen LogP contribution in [0.15, 0.2) is 21.1 Å². The van der Waals surface area contributed by atoms with Gasteiger partial charge in [-0.2, -0.15) is 0 Å². The third-order valence-corrected chi connectivity index (χ3v) is 3.49. The largest absolute Gasteiger partial charge is 0.468 e. The van der Waals surface area contributed by atoms with E-state index < -0.39 is 0 Å². The zero-order chi connectivity index (χ0) is 16.8. The normalized spacial score (nSPS) is 8.52. The highest BCUT2D eigenvalue weighted by molar-refractivity contribution is 9.11. The summed E-state index contributed by atoms with van der Waals surface area (Å²) in [5.41, 5.74) is 1.62. The molecule has 1 aromatic rings. The third-order valence-electron chi connectivity index (χ3n) is 1.98. The van der Waals surface area contributed by atoms with Crippen molar-refractivity contribution in [2.75, 3.05) is 13.2 Å². The van der Waals surface area contributed by atoms with E-state index in [0.29, 0.717) is 25.2 Å². The summed E-state index contributed by atoms with van der Waals surface area (Å²) in [7, 11) is 0. The highest BCUT2D eigenvalue weighted by atomic mass is 79.9. The van der Waals surface area contributed by atoms with E-state index >= 15 is 0 Å². The van der Waals surface area contributed by atoms with Gasteiger partial charge in [-0.25, -0.2) is 4.79 Å². The number of esters is 1. The van der Waals surface area contributed by atoms with Gasteiger partial charge >= 0.3 is 5.97 Å². The Kier molecular flexibility index (Phi) is 15.0. The molecular weight excluding hydrogens is 404 g/mol. The fraction of sp³-hybridized carbons (Fsp3) is 0.467. The first kappa shape index (κ1) is 22.4. The van der Waals surface area contributed by atoms with Gasteiger partial charge in [0.25, 0.3) is 6.47 Å². The van der Waals surface area contributed by atoms with Crippen LogP contribution >= 0.6 is 31.9 Å². The van der Waals surface area contributed by atoms with E-state index in [4.69, 9.17) is 4.74 Å². The number of hydrogen-bond acceptors (Lipinski definition) is 4. The van der Waals surface area contributed by atoms with Gasteiger partial charge in [-0.05, 0) is 54.4 Å². The average molecular weight is 426 g/mol. The van der Waals surface area contributed by atoms with Gasteiger partial charge in [-0.15, -0.1) is 0 Å². The number of carbonyl (C=O) groups is 2. The first-order chi connectivity index (χ1) is 9.97. The van der Waals surface area contributed by atoms with E-state index in [1.165, 1.54) is 0 Å². The molecule has 0 aliphatic carbocycles. The van der Waals surface area contributed by atoms with Crippen LogP contribution in [-0.4, -0.2) is 25.7 Å². The summed E-state index contributed by atoms with van der Waals surface area (Å²) in [5.74, 6) is -0.305. The first-order valence-corrected chi connectivity index (χ1v) is 8.24. The summed E-state index contributed by atoms with van der Waals surface area (Å²) in [6, 6.07) is 3.65.